The molecule has 0 fully saturated rings. The SMILES string of the molecule is CCOc1ccc(C(=O)Nc2cc(C)cc(C)c2)cc1S(=O)(=O)NC(C)C. The summed E-state index contributed by atoms with van der Waals surface area (Å²) in [7, 11) is -3.81. The van der Waals surface area contributed by atoms with Crippen LogP contribution >= 0.6 is 0 Å². The number of carbonyl (C=O) groups excluding carboxylic acids is 1. The average Bonchev–Trinajstić information content (AvgIpc) is 2.53. The maximum Gasteiger partial charge on any atom is 0.255 e. The van der Waals surface area contributed by atoms with Crippen molar-refractivity contribution in [3.05, 3.63) is 53.1 Å². The number of rotatable bonds is 7. The van der Waals surface area contributed by atoms with Gasteiger partial charge in [0.05, 0.1) is 6.61 Å². The zero-order chi connectivity index (χ0) is 20.2. The van der Waals surface area contributed by atoms with E-state index in [0.29, 0.717) is 12.3 Å². The van der Waals surface area contributed by atoms with Crippen molar-refractivity contribution in [1.82, 2.24) is 4.72 Å². The van der Waals surface area contributed by atoms with Crippen molar-refractivity contribution >= 4 is 21.6 Å². The molecule has 7 heteroatoms. The van der Waals surface area contributed by atoms with Crippen LogP contribution in [0.1, 0.15) is 42.3 Å². The quantitative estimate of drug-likeness (QED) is 0.756. The fourth-order valence-corrected chi connectivity index (χ4v) is 4.18. The largest absolute Gasteiger partial charge is 0.492 e. The van der Waals surface area contributed by atoms with E-state index in [1.54, 1.807) is 26.8 Å². The summed E-state index contributed by atoms with van der Waals surface area (Å²) < 4.78 is 33.2. The van der Waals surface area contributed by atoms with Crippen LogP contribution in [0.4, 0.5) is 5.69 Å². The van der Waals surface area contributed by atoms with Crippen LogP contribution < -0.4 is 14.8 Å². The van der Waals surface area contributed by atoms with Crippen molar-refractivity contribution in [2.24, 2.45) is 0 Å². The Morgan fingerprint density at radius 3 is 2.26 bits per heavy atom. The Morgan fingerprint density at radius 1 is 1.07 bits per heavy atom. The van der Waals surface area contributed by atoms with Crippen LogP contribution in [0.25, 0.3) is 0 Å². The van der Waals surface area contributed by atoms with E-state index < -0.39 is 10.0 Å². The number of carbonyl (C=O) groups is 1. The van der Waals surface area contributed by atoms with Gasteiger partial charge in [0, 0.05) is 17.3 Å². The van der Waals surface area contributed by atoms with E-state index in [2.05, 4.69) is 10.0 Å². The summed E-state index contributed by atoms with van der Waals surface area (Å²) in [5.74, 6) is -0.169. The predicted octanol–water partition coefficient (Wildman–Crippen LogP) is 3.64. The lowest BCUT2D eigenvalue weighted by Gasteiger charge is -2.15. The molecule has 0 saturated carbocycles. The third kappa shape index (κ3) is 5.55. The Hall–Kier alpha value is -2.38. The molecule has 0 aromatic heterocycles. The number of hydrogen-bond acceptors (Lipinski definition) is 4. The van der Waals surface area contributed by atoms with Gasteiger partial charge in [-0.05, 0) is 76.1 Å². The summed E-state index contributed by atoms with van der Waals surface area (Å²) in [4.78, 5) is 12.6. The first-order valence-corrected chi connectivity index (χ1v) is 10.3. The van der Waals surface area contributed by atoms with Crippen molar-refractivity contribution in [1.29, 1.82) is 0 Å². The highest BCUT2D eigenvalue weighted by atomic mass is 32.2. The van der Waals surface area contributed by atoms with Crippen LogP contribution in [-0.2, 0) is 10.0 Å². The summed E-state index contributed by atoms with van der Waals surface area (Å²) in [5.41, 5.74) is 2.96. The fourth-order valence-electron chi connectivity index (χ4n) is 2.76. The second-order valence-electron chi connectivity index (χ2n) is 6.70. The van der Waals surface area contributed by atoms with Crippen molar-refractivity contribution in [3.63, 3.8) is 0 Å². The first-order valence-electron chi connectivity index (χ1n) is 8.81. The number of hydrogen-bond donors (Lipinski definition) is 2. The molecule has 6 nitrogen and oxygen atoms in total. The van der Waals surface area contributed by atoms with E-state index in [-0.39, 0.29) is 28.2 Å². The molecule has 0 saturated heterocycles. The molecule has 0 aliphatic heterocycles. The van der Waals surface area contributed by atoms with Gasteiger partial charge in [-0.2, -0.15) is 0 Å². The average molecular weight is 391 g/mol. The van der Waals surface area contributed by atoms with E-state index in [1.807, 2.05) is 32.0 Å². The number of anilines is 1. The maximum absolute atomic E-state index is 12.6. The number of nitrogens with one attached hydrogen (secondary N) is 2. The summed E-state index contributed by atoms with van der Waals surface area (Å²) >= 11 is 0. The number of sulfonamides is 1. The second-order valence-corrected chi connectivity index (χ2v) is 8.38. The second kappa shape index (κ2) is 8.54. The molecule has 1 amide bonds. The molecule has 146 valence electrons. The number of amides is 1. The topological polar surface area (TPSA) is 84.5 Å². The highest BCUT2D eigenvalue weighted by Gasteiger charge is 2.23. The molecule has 2 rings (SSSR count). The molecule has 0 spiro atoms. The minimum absolute atomic E-state index is 0.0499. The van der Waals surface area contributed by atoms with Crippen LogP contribution in [0.15, 0.2) is 41.3 Å². The lowest BCUT2D eigenvalue weighted by molar-refractivity contribution is 0.102. The van der Waals surface area contributed by atoms with Gasteiger partial charge in [-0.1, -0.05) is 6.07 Å². The van der Waals surface area contributed by atoms with Gasteiger partial charge in [-0.15, -0.1) is 0 Å². The smallest absolute Gasteiger partial charge is 0.255 e. The van der Waals surface area contributed by atoms with E-state index in [9.17, 15) is 13.2 Å². The van der Waals surface area contributed by atoms with Crippen molar-refractivity contribution in [2.75, 3.05) is 11.9 Å². The Bertz CT molecular complexity index is 917. The molecule has 2 aromatic carbocycles. The zero-order valence-electron chi connectivity index (χ0n) is 16.3. The molecule has 2 aromatic rings. The van der Waals surface area contributed by atoms with E-state index in [1.165, 1.54) is 12.1 Å². The monoisotopic (exact) mass is 390 g/mol. The third-order valence-electron chi connectivity index (χ3n) is 3.67. The first-order chi connectivity index (χ1) is 12.6. The molecular formula is C20H26N2O4S. The Morgan fingerprint density at radius 2 is 1.70 bits per heavy atom. The Labute approximate surface area is 161 Å². The molecule has 2 N–H and O–H groups in total. The molecular weight excluding hydrogens is 364 g/mol. The minimum atomic E-state index is -3.81. The fraction of sp³-hybridized carbons (Fsp3) is 0.350. The van der Waals surface area contributed by atoms with Gasteiger partial charge in [0.1, 0.15) is 10.6 Å². The van der Waals surface area contributed by atoms with Crippen LogP contribution in [0.2, 0.25) is 0 Å². The molecule has 0 aliphatic carbocycles. The van der Waals surface area contributed by atoms with E-state index >= 15 is 0 Å². The van der Waals surface area contributed by atoms with Crippen LogP contribution in [-0.4, -0.2) is 27.0 Å². The van der Waals surface area contributed by atoms with Gasteiger partial charge < -0.3 is 10.1 Å². The van der Waals surface area contributed by atoms with Crippen LogP contribution in [0.3, 0.4) is 0 Å². The molecule has 0 heterocycles. The molecule has 0 aliphatic rings. The minimum Gasteiger partial charge on any atom is -0.492 e. The van der Waals surface area contributed by atoms with E-state index in [4.69, 9.17) is 4.74 Å². The predicted molar refractivity (Wildman–Crippen MR) is 107 cm³/mol. The lowest BCUT2D eigenvalue weighted by atomic mass is 10.1. The number of ether oxygens (including phenoxy) is 1. The highest BCUT2D eigenvalue weighted by molar-refractivity contribution is 7.89. The van der Waals surface area contributed by atoms with Gasteiger partial charge in [-0.3, -0.25) is 4.79 Å². The van der Waals surface area contributed by atoms with Crippen LogP contribution in [0, 0.1) is 13.8 Å². The van der Waals surface area contributed by atoms with Crippen molar-refractivity contribution < 1.29 is 17.9 Å². The normalized spacial score (nSPS) is 11.5. The van der Waals surface area contributed by atoms with Crippen molar-refractivity contribution in [2.45, 2.75) is 45.6 Å². The zero-order valence-corrected chi connectivity index (χ0v) is 17.1. The summed E-state index contributed by atoms with van der Waals surface area (Å²) in [6.45, 7) is 9.44. The van der Waals surface area contributed by atoms with Crippen LogP contribution in [0.5, 0.6) is 5.75 Å². The summed E-state index contributed by atoms with van der Waals surface area (Å²) in [5, 5.41) is 2.82. The van der Waals surface area contributed by atoms with Gasteiger partial charge in [0.25, 0.3) is 5.91 Å². The van der Waals surface area contributed by atoms with Gasteiger partial charge in [-0.25, -0.2) is 13.1 Å². The summed E-state index contributed by atoms with van der Waals surface area (Å²) in [6, 6.07) is 9.85. The Balaban J connectivity index is 2.39. The van der Waals surface area contributed by atoms with E-state index in [0.717, 1.165) is 11.1 Å². The summed E-state index contributed by atoms with van der Waals surface area (Å²) in [6.07, 6.45) is 0. The Kier molecular flexibility index (Phi) is 6.62. The molecule has 27 heavy (non-hydrogen) atoms. The molecule has 0 radical (unpaired) electrons. The first kappa shape index (κ1) is 20.9. The lowest BCUT2D eigenvalue weighted by Crippen LogP contribution is -2.30. The number of benzene rings is 2. The third-order valence-corrected chi connectivity index (χ3v) is 5.35. The maximum atomic E-state index is 12.6. The highest BCUT2D eigenvalue weighted by Crippen LogP contribution is 2.26. The van der Waals surface area contributed by atoms with Gasteiger partial charge in [0.2, 0.25) is 10.0 Å². The van der Waals surface area contributed by atoms with Gasteiger partial charge >= 0.3 is 0 Å². The van der Waals surface area contributed by atoms with Crippen molar-refractivity contribution in [3.8, 4) is 5.75 Å². The molecule has 0 atom stereocenters. The molecule has 0 bridgehead atoms. The van der Waals surface area contributed by atoms with Gasteiger partial charge in [0.15, 0.2) is 0 Å². The number of aryl methyl sites for hydroxylation is 2. The standard InChI is InChI=1S/C20H26N2O4S/c1-6-26-18-8-7-16(12-19(18)27(24,25)22-13(2)3)20(23)21-17-10-14(4)9-15(5)11-17/h7-13,22H,6H2,1-5H3,(H,21,23). The molecule has 0 unspecified atom stereocenters.